The molecule has 46 heavy (non-hydrogen) atoms. The van der Waals surface area contributed by atoms with Crippen molar-refractivity contribution in [3.05, 3.63) is 94.8 Å². The third-order valence-electron chi connectivity index (χ3n) is 9.45. The van der Waals surface area contributed by atoms with Gasteiger partial charge in [-0.1, -0.05) is 81.3 Å². The van der Waals surface area contributed by atoms with Gasteiger partial charge >= 0.3 is 6.09 Å². The minimum atomic E-state index is -2.19. The van der Waals surface area contributed by atoms with Gasteiger partial charge in [-0.25, -0.2) is 9.18 Å². The Kier molecular flexibility index (Phi) is 11.5. The van der Waals surface area contributed by atoms with Crippen LogP contribution in [0.3, 0.4) is 0 Å². The van der Waals surface area contributed by atoms with Gasteiger partial charge < -0.3 is 24.5 Å². The van der Waals surface area contributed by atoms with Gasteiger partial charge in [0.15, 0.2) is 8.32 Å². The van der Waals surface area contributed by atoms with Crippen molar-refractivity contribution in [3.8, 4) is 11.1 Å². The van der Waals surface area contributed by atoms with Gasteiger partial charge in [-0.05, 0) is 79.2 Å². The number of halogens is 1. The standard InChI is InChI=1S/C37H49FN2O5Si/c1-25-13-10-16-27(21-25)34-29(18-12-19-30(34)38)32(44-5)20-9-8-14-26-15-11-17-28(22-26)35(41)40-23-31(39-36(42)43)33(24-40)45-46(6,7)37(2,3)4/h10-13,15-19,21-22,31-33,39H,8-9,14,20,23-24H2,1-7H3,(H,42,43)/t31-,32?,33-/m1/s1. The van der Waals surface area contributed by atoms with Crippen LogP contribution in [0.1, 0.15) is 73.2 Å². The Hall–Kier alpha value is -3.53. The van der Waals surface area contributed by atoms with E-state index in [1.807, 2.05) is 61.5 Å². The zero-order chi connectivity index (χ0) is 33.6. The first-order chi connectivity index (χ1) is 21.7. The predicted octanol–water partition coefficient (Wildman–Crippen LogP) is 8.38. The van der Waals surface area contributed by atoms with E-state index in [4.69, 9.17) is 9.16 Å². The van der Waals surface area contributed by atoms with Crippen LogP contribution in [0.2, 0.25) is 18.1 Å². The van der Waals surface area contributed by atoms with Gasteiger partial charge in [0.1, 0.15) is 5.82 Å². The molecule has 0 aliphatic carbocycles. The van der Waals surface area contributed by atoms with Crippen molar-refractivity contribution in [3.63, 3.8) is 0 Å². The van der Waals surface area contributed by atoms with E-state index in [0.29, 0.717) is 17.7 Å². The molecule has 0 aromatic heterocycles. The zero-order valence-electron chi connectivity index (χ0n) is 28.2. The molecule has 3 atom stereocenters. The molecule has 7 nitrogen and oxygen atoms in total. The molecule has 4 rings (SSSR count). The average Bonchev–Trinajstić information content (AvgIpc) is 3.36. The van der Waals surface area contributed by atoms with Crippen molar-refractivity contribution in [2.24, 2.45) is 0 Å². The monoisotopic (exact) mass is 648 g/mol. The fourth-order valence-corrected chi connectivity index (χ4v) is 7.28. The van der Waals surface area contributed by atoms with Crippen molar-refractivity contribution in [2.45, 2.75) is 89.8 Å². The molecule has 9 heteroatoms. The quantitative estimate of drug-likeness (QED) is 0.152. The number of hydrogen-bond acceptors (Lipinski definition) is 4. The van der Waals surface area contributed by atoms with Gasteiger partial charge in [0.2, 0.25) is 0 Å². The van der Waals surface area contributed by atoms with Crippen LogP contribution in [0.4, 0.5) is 9.18 Å². The number of carboxylic acid groups (broad SMARTS) is 1. The number of aryl methyl sites for hydroxylation is 2. The van der Waals surface area contributed by atoms with E-state index in [1.54, 1.807) is 18.1 Å². The number of carbonyl (C=O) groups excluding carboxylic acids is 1. The molecule has 2 N–H and O–H groups in total. The topological polar surface area (TPSA) is 88.1 Å². The number of benzene rings is 3. The second kappa shape index (κ2) is 14.9. The number of unbranched alkanes of at least 4 members (excludes halogenated alkanes) is 1. The molecule has 1 aliphatic rings. The summed E-state index contributed by atoms with van der Waals surface area (Å²) in [6.45, 7) is 13.3. The van der Waals surface area contributed by atoms with Gasteiger partial charge in [0, 0.05) is 31.3 Å². The number of ether oxygens (including phenoxy) is 1. The Morgan fingerprint density at radius 2 is 1.76 bits per heavy atom. The van der Waals surface area contributed by atoms with Gasteiger partial charge in [-0.2, -0.15) is 0 Å². The molecule has 3 aromatic rings. The van der Waals surface area contributed by atoms with Crippen LogP contribution in [-0.4, -0.2) is 62.7 Å². The van der Waals surface area contributed by atoms with Crippen molar-refractivity contribution >= 4 is 20.3 Å². The minimum absolute atomic E-state index is 0.0452. The van der Waals surface area contributed by atoms with E-state index in [9.17, 15) is 14.7 Å². The molecule has 2 amide bonds. The molecular formula is C37H49FN2O5Si. The summed E-state index contributed by atoms with van der Waals surface area (Å²) in [6, 6.07) is 20.2. The average molecular weight is 649 g/mol. The summed E-state index contributed by atoms with van der Waals surface area (Å²) in [4.78, 5) is 26.9. The van der Waals surface area contributed by atoms with E-state index in [0.717, 1.165) is 47.9 Å². The number of likely N-dealkylation sites (tertiary alicyclic amines) is 1. The molecule has 3 aromatic carbocycles. The second-order valence-corrected chi connectivity index (χ2v) is 18.7. The van der Waals surface area contributed by atoms with Gasteiger partial charge in [-0.15, -0.1) is 0 Å². The Morgan fingerprint density at radius 3 is 2.43 bits per heavy atom. The van der Waals surface area contributed by atoms with Crippen LogP contribution >= 0.6 is 0 Å². The molecule has 1 saturated heterocycles. The molecule has 1 heterocycles. The van der Waals surface area contributed by atoms with Gasteiger partial charge in [0.05, 0.1) is 18.2 Å². The summed E-state index contributed by atoms with van der Waals surface area (Å²) >= 11 is 0. The third-order valence-corrected chi connectivity index (χ3v) is 14.0. The number of nitrogens with one attached hydrogen (secondary N) is 1. The molecule has 0 spiro atoms. The Balaban J connectivity index is 1.39. The summed E-state index contributed by atoms with van der Waals surface area (Å²) in [7, 11) is -0.523. The maximum absolute atomic E-state index is 15.1. The molecule has 0 radical (unpaired) electrons. The summed E-state index contributed by atoms with van der Waals surface area (Å²) in [5, 5.41) is 12.0. The lowest BCUT2D eigenvalue weighted by Crippen LogP contribution is -2.51. The van der Waals surface area contributed by atoms with Crippen molar-refractivity contribution in [1.82, 2.24) is 10.2 Å². The lowest BCUT2D eigenvalue weighted by atomic mass is 9.92. The van der Waals surface area contributed by atoms with Crippen LogP contribution in [0, 0.1) is 12.7 Å². The zero-order valence-corrected chi connectivity index (χ0v) is 29.2. The summed E-state index contributed by atoms with van der Waals surface area (Å²) < 4.78 is 27.5. The van der Waals surface area contributed by atoms with E-state index in [-0.39, 0.29) is 29.4 Å². The first-order valence-electron chi connectivity index (χ1n) is 16.1. The number of methoxy groups -OCH3 is 1. The first kappa shape index (κ1) is 35.3. The number of rotatable bonds is 12. The predicted molar refractivity (Wildman–Crippen MR) is 183 cm³/mol. The molecule has 248 valence electrons. The number of amides is 2. The van der Waals surface area contributed by atoms with Crippen LogP contribution in [0.15, 0.2) is 66.7 Å². The Labute approximate surface area is 274 Å². The maximum atomic E-state index is 15.1. The third kappa shape index (κ3) is 8.63. The second-order valence-electron chi connectivity index (χ2n) is 13.9. The molecule has 1 aliphatic heterocycles. The fourth-order valence-electron chi connectivity index (χ4n) is 5.93. The smallest absolute Gasteiger partial charge is 0.405 e. The number of nitrogens with zero attached hydrogens (tertiary/aromatic N) is 1. The van der Waals surface area contributed by atoms with Crippen LogP contribution in [0.25, 0.3) is 11.1 Å². The fraction of sp³-hybridized carbons (Fsp3) is 0.459. The largest absolute Gasteiger partial charge is 0.465 e. The SMILES string of the molecule is COC(CCCCc1cccc(C(=O)N2C[C@@H](NC(=O)O)[C@H](O[Si](C)(C)C(C)(C)C)C2)c1)c1cccc(F)c1-c1cccc(C)c1. The first-order valence-corrected chi connectivity index (χ1v) is 19.0. The highest BCUT2D eigenvalue weighted by Gasteiger charge is 2.45. The van der Waals surface area contributed by atoms with Crippen LogP contribution in [-0.2, 0) is 15.6 Å². The lowest BCUT2D eigenvalue weighted by molar-refractivity contribution is 0.0768. The lowest BCUT2D eigenvalue weighted by Gasteiger charge is -2.39. The number of carbonyl (C=O) groups is 2. The summed E-state index contributed by atoms with van der Waals surface area (Å²) in [5.41, 5.74) is 4.98. The maximum Gasteiger partial charge on any atom is 0.405 e. The van der Waals surface area contributed by atoms with Crippen molar-refractivity contribution in [2.75, 3.05) is 20.2 Å². The molecule has 1 fully saturated rings. The molecule has 1 unspecified atom stereocenters. The van der Waals surface area contributed by atoms with E-state index in [2.05, 4.69) is 39.2 Å². The highest BCUT2D eigenvalue weighted by atomic mass is 28.4. The van der Waals surface area contributed by atoms with Crippen molar-refractivity contribution < 1.29 is 28.2 Å². The van der Waals surface area contributed by atoms with Gasteiger partial charge in [0.25, 0.3) is 5.91 Å². The summed E-state index contributed by atoms with van der Waals surface area (Å²) in [5.74, 6) is -0.387. The summed E-state index contributed by atoms with van der Waals surface area (Å²) in [6.07, 6.45) is 1.49. The minimum Gasteiger partial charge on any atom is -0.465 e. The van der Waals surface area contributed by atoms with E-state index in [1.165, 1.54) is 6.07 Å². The van der Waals surface area contributed by atoms with Crippen LogP contribution < -0.4 is 5.32 Å². The molecule has 0 saturated carbocycles. The van der Waals surface area contributed by atoms with Crippen LogP contribution in [0.5, 0.6) is 0 Å². The van der Waals surface area contributed by atoms with Crippen molar-refractivity contribution in [1.29, 1.82) is 0 Å². The van der Waals surface area contributed by atoms with Gasteiger partial charge in [-0.3, -0.25) is 4.79 Å². The highest BCUT2D eigenvalue weighted by molar-refractivity contribution is 6.74. The Morgan fingerprint density at radius 1 is 1.04 bits per heavy atom. The molecule has 0 bridgehead atoms. The Bertz CT molecular complexity index is 1520. The normalized spacial score (nSPS) is 17.6. The number of hydrogen-bond donors (Lipinski definition) is 2. The van der Waals surface area contributed by atoms with E-state index >= 15 is 4.39 Å². The highest BCUT2D eigenvalue weighted by Crippen LogP contribution is 2.39. The van der Waals surface area contributed by atoms with E-state index < -0.39 is 26.6 Å². The molecular weight excluding hydrogens is 600 g/mol.